The van der Waals surface area contributed by atoms with Gasteiger partial charge in [0.15, 0.2) is 0 Å². The lowest BCUT2D eigenvalue weighted by molar-refractivity contribution is 0.153. The van der Waals surface area contributed by atoms with Crippen LogP contribution in [0.25, 0.3) is 10.9 Å². The maximum atomic E-state index is 10.0. The van der Waals surface area contributed by atoms with Gasteiger partial charge in [-0.3, -0.25) is 0 Å². The second-order valence-electron chi connectivity index (χ2n) is 4.87. The molecule has 1 atom stereocenters. The average Bonchev–Trinajstić information content (AvgIpc) is 2.66. The number of aromatic amines is 1. The summed E-state index contributed by atoms with van der Waals surface area (Å²) >= 11 is 0. The summed E-state index contributed by atoms with van der Waals surface area (Å²) in [4.78, 5) is 3.42. The third-order valence-corrected chi connectivity index (χ3v) is 3.75. The molecule has 3 rings (SSSR count). The molecule has 0 spiro atoms. The molecular formula is C14H17NO. The van der Waals surface area contributed by atoms with Crippen molar-refractivity contribution in [3.63, 3.8) is 0 Å². The van der Waals surface area contributed by atoms with Gasteiger partial charge in [0.2, 0.25) is 0 Å². The third kappa shape index (κ3) is 1.23. The Morgan fingerprint density at radius 2 is 2.00 bits per heavy atom. The predicted octanol–water partition coefficient (Wildman–Crippen LogP) is 3.15. The Balaban J connectivity index is 2.40. The second kappa shape index (κ2) is 3.36. The Bertz CT molecular complexity index is 553. The Labute approximate surface area is 95.3 Å². The maximum Gasteiger partial charge on any atom is 0.0941 e. The smallest absolute Gasteiger partial charge is 0.0941 e. The van der Waals surface area contributed by atoms with Crippen LogP contribution in [0.3, 0.4) is 0 Å². The summed E-state index contributed by atoms with van der Waals surface area (Å²) in [5.74, 6) is 0. The van der Waals surface area contributed by atoms with Gasteiger partial charge in [0.25, 0.3) is 0 Å². The summed E-state index contributed by atoms with van der Waals surface area (Å²) in [5, 5.41) is 11.4. The van der Waals surface area contributed by atoms with Crippen LogP contribution < -0.4 is 0 Å². The number of fused-ring (bicyclic) bond motifs is 3. The SMILES string of the molecule is Cc1ccc(C)c2c3c([nH]c12)C(O)CCC3. The summed E-state index contributed by atoms with van der Waals surface area (Å²) < 4.78 is 0. The minimum atomic E-state index is -0.296. The first-order valence-electron chi connectivity index (χ1n) is 5.97. The van der Waals surface area contributed by atoms with Gasteiger partial charge in [0.1, 0.15) is 0 Å². The zero-order valence-electron chi connectivity index (χ0n) is 9.80. The lowest BCUT2D eigenvalue weighted by atomic mass is 9.92. The summed E-state index contributed by atoms with van der Waals surface area (Å²) in [5.41, 5.74) is 6.19. The molecule has 1 aromatic heterocycles. The predicted molar refractivity (Wildman–Crippen MR) is 65.7 cm³/mol. The molecule has 0 radical (unpaired) electrons. The Kier molecular flexibility index (Phi) is 2.08. The number of aryl methyl sites for hydroxylation is 3. The summed E-state index contributed by atoms with van der Waals surface area (Å²) in [6, 6.07) is 4.32. The van der Waals surface area contributed by atoms with Crippen LogP contribution in [-0.4, -0.2) is 10.1 Å². The largest absolute Gasteiger partial charge is 0.387 e. The van der Waals surface area contributed by atoms with Crippen LogP contribution in [0.4, 0.5) is 0 Å². The Morgan fingerprint density at radius 1 is 1.25 bits per heavy atom. The molecule has 1 heterocycles. The normalized spacial score (nSPS) is 20.1. The highest BCUT2D eigenvalue weighted by Crippen LogP contribution is 2.36. The molecular weight excluding hydrogens is 198 g/mol. The lowest BCUT2D eigenvalue weighted by Gasteiger charge is -2.17. The van der Waals surface area contributed by atoms with Crippen molar-refractivity contribution < 1.29 is 5.11 Å². The molecule has 1 unspecified atom stereocenters. The number of nitrogens with one attached hydrogen (secondary N) is 1. The van der Waals surface area contributed by atoms with Crippen molar-refractivity contribution >= 4 is 10.9 Å². The van der Waals surface area contributed by atoms with Crippen LogP contribution in [-0.2, 0) is 6.42 Å². The standard InChI is InChI=1S/C14H17NO/c1-8-6-7-9(2)13-12(8)10-4-3-5-11(16)14(10)15-13/h6-7,11,15-16H,3-5H2,1-2H3. The molecule has 16 heavy (non-hydrogen) atoms. The molecule has 84 valence electrons. The van der Waals surface area contributed by atoms with E-state index in [1.807, 2.05) is 0 Å². The van der Waals surface area contributed by atoms with Crippen molar-refractivity contribution in [1.29, 1.82) is 0 Å². The number of aromatic nitrogens is 1. The van der Waals surface area contributed by atoms with Gasteiger partial charge in [-0.05, 0) is 49.8 Å². The molecule has 1 aliphatic rings. The number of H-pyrrole nitrogens is 1. The van der Waals surface area contributed by atoms with Gasteiger partial charge in [-0.15, -0.1) is 0 Å². The van der Waals surface area contributed by atoms with E-state index < -0.39 is 0 Å². The molecule has 2 aromatic rings. The van der Waals surface area contributed by atoms with E-state index in [4.69, 9.17) is 0 Å². The average molecular weight is 215 g/mol. The van der Waals surface area contributed by atoms with Gasteiger partial charge >= 0.3 is 0 Å². The molecule has 2 nitrogen and oxygen atoms in total. The molecule has 0 saturated heterocycles. The first kappa shape index (κ1) is 9.91. The molecule has 2 heteroatoms. The molecule has 0 saturated carbocycles. The minimum Gasteiger partial charge on any atom is -0.387 e. The van der Waals surface area contributed by atoms with E-state index >= 15 is 0 Å². The van der Waals surface area contributed by atoms with Gasteiger partial charge in [-0.25, -0.2) is 0 Å². The number of aliphatic hydroxyl groups excluding tert-OH is 1. The van der Waals surface area contributed by atoms with Gasteiger partial charge in [0.05, 0.1) is 6.10 Å². The number of rotatable bonds is 0. The lowest BCUT2D eigenvalue weighted by Crippen LogP contribution is -2.07. The molecule has 1 aliphatic carbocycles. The molecule has 0 aliphatic heterocycles. The second-order valence-corrected chi connectivity index (χ2v) is 4.87. The van der Waals surface area contributed by atoms with Gasteiger partial charge < -0.3 is 10.1 Å². The van der Waals surface area contributed by atoms with Gasteiger partial charge in [-0.2, -0.15) is 0 Å². The zero-order valence-corrected chi connectivity index (χ0v) is 9.80. The fraction of sp³-hybridized carbons (Fsp3) is 0.429. The molecule has 0 amide bonds. The molecule has 1 aromatic carbocycles. The van der Waals surface area contributed by atoms with Crippen LogP contribution in [0.15, 0.2) is 12.1 Å². The molecule has 2 N–H and O–H groups in total. The first-order valence-corrected chi connectivity index (χ1v) is 5.97. The van der Waals surface area contributed by atoms with E-state index in [-0.39, 0.29) is 6.10 Å². The third-order valence-electron chi connectivity index (χ3n) is 3.75. The summed E-state index contributed by atoms with van der Waals surface area (Å²) in [7, 11) is 0. The molecule has 0 fully saturated rings. The number of hydrogen-bond acceptors (Lipinski definition) is 1. The van der Waals surface area contributed by atoms with E-state index in [9.17, 15) is 5.11 Å². The van der Waals surface area contributed by atoms with Crippen molar-refractivity contribution in [2.75, 3.05) is 0 Å². The van der Waals surface area contributed by atoms with Crippen LogP contribution >= 0.6 is 0 Å². The van der Waals surface area contributed by atoms with Crippen molar-refractivity contribution in [1.82, 2.24) is 4.98 Å². The van der Waals surface area contributed by atoms with Crippen molar-refractivity contribution in [3.8, 4) is 0 Å². The maximum absolute atomic E-state index is 10.0. The summed E-state index contributed by atoms with van der Waals surface area (Å²) in [6.07, 6.45) is 2.78. The highest BCUT2D eigenvalue weighted by molar-refractivity contribution is 5.90. The highest BCUT2D eigenvalue weighted by Gasteiger charge is 2.23. The topological polar surface area (TPSA) is 36.0 Å². The van der Waals surface area contributed by atoms with Crippen molar-refractivity contribution in [2.45, 2.75) is 39.2 Å². The number of aliphatic hydroxyl groups is 1. The van der Waals surface area contributed by atoms with Crippen molar-refractivity contribution in [3.05, 3.63) is 34.5 Å². The van der Waals surface area contributed by atoms with E-state index in [0.29, 0.717) is 0 Å². The van der Waals surface area contributed by atoms with Gasteiger partial charge in [-0.1, -0.05) is 12.1 Å². The highest BCUT2D eigenvalue weighted by atomic mass is 16.3. The Hall–Kier alpha value is -1.28. The van der Waals surface area contributed by atoms with E-state index in [0.717, 1.165) is 25.0 Å². The Morgan fingerprint density at radius 3 is 2.81 bits per heavy atom. The van der Waals surface area contributed by atoms with Crippen LogP contribution in [0.1, 0.15) is 41.3 Å². The minimum absolute atomic E-state index is 0.296. The number of benzene rings is 1. The van der Waals surface area contributed by atoms with Crippen LogP contribution in [0, 0.1) is 13.8 Å². The van der Waals surface area contributed by atoms with Crippen LogP contribution in [0.5, 0.6) is 0 Å². The van der Waals surface area contributed by atoms with E-state index in [2.05, 4.69) is 31.0 Å². The first-order chi connectivity index (χ1) is 7.68. The molecule has 0 bridgehead atoms. The van der Waals surface area contributed by atoms with Crippen molar-refractivity contribution in [2.24, 2.45) is 0 Å². The summed E-state index contributed by atoms with van der Waals surface area (Å²) in [6.45, 7) is 4.27. The monoisotopic (exact) mass is 215 g/mol. The fourth-order valence-corrected chi connectivity index (χ4v) is 2.87. The fourth-order valence-electron chi connectivity index (χ4n) is 2.87. The zero-order chi connectivity index (χ0) is 11.3. The number of hydrogen-bond donors (Lipinski definition) is 2. The van der Waals surface area contributed by atoms with Crippen LogP contribution in [0.2, 0.25) is 0 Å². The van der Waals surface area contributed by atoms with E-state index in [1.54, 1.807) is 0 Å². The quantitative estimate of drug-likeness (QED) is 0.695. The van der Waals surface area contributed by atoms with Gasteiger partial charge in [0, 0.05) is 16.6 Å². The van der Waals surface area contributed by atoms with E-state index in [1.165, 1.54) is 27.6 Å².